The van der Waals surface area contributed by atoms with Crippen LogP contribution in [0.1, 0.15) is 58.2 Å². The molecular weight excluding hydrogens is 964 g/mol. The number of aromatic nitrogens is 2. The van der Waals surface area contributed by atoms with Gasteiger partial charge in [0.1, 0.15) is 36.0 Å². The minimum absolute atomic E-state index is 0.00654. The van der Waals surface area contributed by atoms with Gasteiger partial charge in [-0.3, -0.25) is 28.9 Å². The zero-order valence-corrected chi connectivity index (χ0v) is 41.2. The summed E-state index contributed by atoms with van der Waals surface area (Å²) in [6, 6.07) is 5.52. The van der Waals surface area contributed by atoms with Crippen molar-refractivity contribution in [1.29, 1.82) is 0 Å². The number of alkyl halides is 3. The maximum absolute atomic E-state index is 14.3. The molecule has 2 aliphatic rings. The third-order valence-electron chi connectivity index (χ3n) is 12.3. The number of carbonyl (C=O) groups excluding carboxylic acids is 5. The largest absolute Gasteiger partial charge is 0.418 e. The maximum atomic E-state index is 14.3. The highest BCUT2D eigenvalue weighted by molar-refractivity contribution is 6.40. The van der Waals surface area contributed by atoms with Gasteiger partial charge in [0.2, 0.25) is 23.6 Å². The number of nitrogens with one attached hydrogen (secondary N) is 6. The number of hydrogen-bond acceptors (Lipinski definition) is 11. The van der Waals surface area contributed by atoms with E-state index in [0.29, 0.717) is 22.3 Å². The molecule has 7 unspecified atom stereocenters. The first kappa shape index (κ1) is 52.8. The molecule has 7 N–H and O–H groups in total. The lowest BCUT2D eigenvalue weighted by atomic mass is 10.00. The summed E-state index contributed by atoms with van der Waals surface area (Å²) < 4.78 is 42.4. The second-order valence-corrected chi connectivity index (χ2v) is 18.9. The molecule has 4 heterocycles. The highest BCUT2D eigenvalue weighted by atomic mass is 35.5. The van der Waals surface area contributed by atoms with Crippen LogP contribution in [0, 0.1) is 11.8 Å². The topological polar surface area (TPSA) is 210 Å². The van der Waals surface area contributed by atoms with E-state index in [-0.39, 0.29) is 51.2 Å². The second kappa shape index (κ2) is 21.6. The zero-order valence-electron chi connectivity index (χ0n) is 38.9. The molecule has 69 heavy (non-hydrogen) atoms. The summed E-state index contributed by atoms with van der Waals surface area (Å²) in [5.41, 5.74) is 0.0692. The Hall–Kier alpha value is -5.57. The molecule has 6 rings (SSSR count). The van der Waals surface area contributed by atoms with Crippen LogP contribution in [0.4, 0.5) is 36.2 Å². The Kier molecular flexibility index (Phi) is 16.5. The fourth-order valence-electron chi connectivity index (χ4n) is 8.16. The smallest absolute Gasteiger partial charge is 0.371 e. The number of carbonyl (C=O) groups is 5. The van der Waals surface area contributed by atoms with Gasteiger partial charge in [-0.1, -0.05) is 74.6 Å². The van der Waals surface area contributed by atoms with Crippen LogP contribution in [-0.2, 0) is 43.0 Å². The number of fused-ring (bicyclic) bond motifs is 2. The Morgan fingerprint density at radius 3 is 1.90 bits per heavy atom. The standard InChI is InChI=1S/C47H54Cl3F3N10O6/c1-21(2)35(58-41(64)23(5)54-7)45(68)62-33(18-25-11-10-14-56-39(25)62)44(67)61-38-31(49)16-26(17-32(38)50)28-15-27-19-34(43(66)60-37-29(47(51,52)53)12-9-13-30(37)48)63(40(27)57-20-28)46(69)36(22(3)4)59-42(65)24(6)55-8/h9-17,20-24,33-36,46,54-55,69H,18-19H2,1-8H3,(H,58,64)(H,59,65)(H,60,66)(H,61,67). The molecule has 0 aliphatic carbocycles. The molecule has 0 radical (unpaired) electrons. The summed E-state index contributed by atoms with van der Waals surface area (Å²) in [5, 5.41) is 28.1. The molecule has 16 nitrogen and oxygen atoms in total. The molecule has 0 saturated carbocycles. The normalized spacial score (nSPS) is 17.7. The molecule has 5 amide bonds. The number of benzene rings is 2. The minimum atomic E-state index is -4.87. The molecule has 0 spiro atoms. The number of nitrogens with zero attached hydrogens (tertiary/aromatic N) is 4. The van der Waals surface area contributed by atoms with Gasteiger partial charge in [-0.25, -0.2) is 9.97 Å². The molecule has 0 saturated heterocycles. The van der Waals surface area contributed by atoms with E-state index in [1.807, 2.05) is 0 Å². The monoisotopic (exact) mass is 1020 g/mol. The van der Waals surface area contributed by atoms with Crippen LogP contribution in [0.25, 0.3) is 11.1 Å². The fourth-order valence-corrected chi connectivity index (χ4v) is 8.96. The fraction of sp³-hybridized carbons (Fsp3) is 0.426. The molecule has 0 bridgehead atoms. The molecule has 7 atom stereocenters. The number of hydrogen-bond donors (Lipinski definition) is 7. The van der Waals surface area contributed by atoms with Crippen molar-refractivity contribution in [2.75, 3.05) is 34.5 Å². The molecule has 0 fully saturated rings. The van der Waals surface area contributed by atoms with Gasteiger partial charge in [-0.05, 0) is 92.9 Å². The van der Waals surface area contributed by atoms with E-state index in [2.05, 4.69) is 41.9 Å². The third kappa shape index (κ3) is 11.2. The molecule has 2 aromatic heterocycles. The molecule has 370 valence electrons. The number of anilines is 4. The van der Waals surface area contributed by atoms with Crippen LogP contribution in [0.5, 0.6) is 0 Å². The number of aliphatic hydroxyl groups excluding tert-OH is 1. The summed E-state index contributed by atoms with van der Waals surface area (Å²) in [7, 11) is 3.20. The van der Waals surface area contributed by atoms with E-state index in [1.165, 1.54) is 40.4 Å². The van der Waals surface area contributed by atoms with Crippen LogP contribution in [0.15, 0.2) is 60.9 Å². The van der Waals surface area contributed by atoms with Gasteiger partial charge < -0.3 is 41.9 Å². The Morgan fingerprint density at radius 1 is 0.710 bits per heavy atom. The lowest BCUT2D eigenvalue weighted by molar-refractivity contribution is -0.137. The minimum Gasteiger partial charge on any atom is -0.371 e. The van der Waals surface area contributed by atoms with Crippen molar-refractivity contribution >= 4 is 87.3 Å². The van der Waals surface area contributed by atoms with Crippen LogP contribution in [-0.4, -0.2) is 101 Å². The quantitative estimate of drug-likeness (QED) is 0.0672. The number of halogens is 6. The van der Waals surface area contributed by atoms with Gasteiger partial charge in [0.05, 0.1) is 50.1 Å². The van der Waals surface area contributed by atoms with Crippen LogP contribution < -0.4 is 41.7 Å². The van der Waals surface area contributed by atoms with Crippen LogP contribution in [0.3, 0.4) is 0 Å². The van der Waals surface area contributed by atoms with Crippen LogP contribution in [0.2, 0.25) is 15.1 Å². The molecular formula is C47H54Cl3F3N10O6. The Bertz CT molecular complexity index is 2600. The van der Waals surface area contributed by atoms with Crippen molar-refractivity contribution in [3.8, 4) is 11.1 Å². The van der Waals surface area contributed by atoms with Gasteiger partial charge in [0.15, 0.2) is 0 Å². The van der Waals surface area contributed by atoms with Gasteiger partial charge in [-0.2, -0.15) is 13.2 Å². The predicted molar refractivity (Wildman–Crippen MR) is 259 cm³/mol. The lowest BCUT2D eigenvalue weighted by Gasteiger charge is -2.38. The van der Waals surface area contributed by atoms with Gasteiger partial charge >= 0.3 is 6.18 Å². The summed E-state index contributed by atoms with van der Waals surface area (Å²) >= 11 is 19.9. The number of amides is 5. The number of rotatable bonds is 16. The van der Waals surface area contributed by atoms with Crippen molar-refractivity contribution in [3.63, 3.8) is 0 Å². The summed E-state index contributed by atoms with van der Waals surface area (Å²) in [4.78, 5) is 80.3. The van der Waals surface area contributed by atoms with Crippen molar-refractivity contribution in [2.24, 2.45) is 11.8 Å². The van der Waals surface area contributed by atoms with Gasteiger partial charge in [0, 0.05) is 30.8 Å². The number of pyridine rings is 2. The van der Waals surface area contributed by atoms with Crippen LogP contribution >= 0.6 is 34.8 Å². The molecule has 2 aliphatic heterocycles. The number of aliphatic hydroxyl groups is 1. The Balaban J connectivity index is 1.31. The molecule has 22 heteroatoms. The average molecular weight is 1020 g/mol. The van der Waals surface area contributed by atoms with E-state index in [4.69, 9.17) is 34.8 Å². The lowest BCUT2D eigenvalue weighted by Crippen LogP contribution is -2.60. The number of para-hydroxylation sites is 1. The van der Waals surface area contributed by atoms with E-state index in [9.17, 15) is 42.3 Å². The van der Waals surface area contributed by atoms with Crippen molar-refractivity contribution in [1.82, 2.24) is 31.2 Å². The average Bonchev–Trinajstić information content (AvgIpc) is 3.89. The SMILES string of the molecule is CNC(C)C(=O)NC(C(=O)N1c2ncccc2CC1C(=O)Nc1c(Cl)cc(-c2cnc3c(c2)CC(C(=O)Nc2c(Cl)cccc2C(F)(F)F)N3C(O)C(NC(=O)C(C)NC)C(C)C)cc1Cl)C(C)C. The van der Waals surface area contributed by atoms with Gasteiger partial charge in [-0.15, -0.1) is 0 Å². The summed E-state index contributed by atoms with van der Waals surface area (Å²) in [6.45, 7) is 10.3. The first-order chi connectivity index (χ1) is 32.5. The van der Waals surface area contributed by atoms with Gasteiger partial charge in [0.25, 0.3) is 5.91 Å². The Morgan fingerprint density at radius 2 is 1.30 bits per heavy atom. The van der Waals surface area contributed by atoms with E-state index < -0.39 is 95.4 Å². The first-order valence-electron chi connectivity index (χ1n) is 22.1. The van der Waals surface area contributed by atoms with Crippen molar-refractivity contribution in [3.05, 3.63) is 92.7 Å². The van der Waals surface area contributed by atoms with Crippen molar-refractivity contribution in [2.45, 2.75) is 103 Å². The third-order valence-corrected chi connectivity index (χ3v) is 13.2. The second-order valence-electron chi connectivity index (χ2n) is 17.6. The highest BCUT2D eigenvalue weighted by Gasteiger charge is 2.46. The number of likely N-dealkylation sites (N-methyl/N-ethyl adjacent to an activating group) is 2. The first-order valence-corrected chi connectivity index (χ1v) is 23.3. The zero-order chi connectivity index (χ0) is 50.8. The van der Waals surface area contributed by atoms with E-state index >= 15 is 0 Å². The summed E-state index contributed by atoms with van der Waals surface area (Å²) in [5.74, 6) is -3.34. The molecule has 2 aromatic carbocycles. The van der Waals surface area contributed by atoms with E-state index in [0.717, 1.165) is 12.1 Å². The Labute approximate surface area is 412 Å². The predicted octanol–water partition coefficient (Wildman–Crippen LogP) is 6.20. The molecule has 4 aromatic rings. The maximum Gasteiger partial charge on any atom is 0.418 e. The highest BCUT2D eigenvalue weighted by Crippen LogP contribution is 2.42. The van der Waals surface area contributed by atoms with Crippen molar-refractivity contribution < 1.29 is 42.3 Å². The summed E-state index contributed by atoms with van der Waals surface area (Å²) in [6.07, 6.45) is -3.61. The van der Waals surface area contributed by atoms with E-state index in [1.54, 1.807) is 73.8 Å².